The average Bonchev–Trinajstić information content (AvgIpc) is 3.16. The van der Waals surface area contributed by atoms with E-state index in [1.165, 1.54) is 0 Å². The minimum atomic E-state index is 0.0619. The highest BCUT2D eigenvalue weighted by Gasteiger charge is 2.26. The summed E-state index contributed by atoms with van der Waals surface area (Å²) in [4.78, 5) is 23.6. The van der Waals surface area contributed by atoms with Gasteiger partial charge in [0.15, 0.2) is 5.13 Å². The Morgan fingerprint density at radius 2 is 2.18 bits per heavy atom. The van der Waals surface area contributed by atoms with Crippen LogP contribution in [0, 0.1) is 5.92 Å². The molecule has 146 valence electrons. The molecule has 1 aromatic carbocycles. The molecule has 4 rings (SSSR count). The van der Waals surface area contributed by atoms with E-state index < -0.39 is 0 Å². The highest BCUT2D eigenvalue weighted by molar-refractivity contribution is 7.22. The van der Waals surface area contributed by atoms with Crippen molar-refractivity contribution in [3.63, 3.8) is 0 Å². The van der Waals surface area contributed by atoms with E-state index in [0.717, 1.165) is 52.6 Å². The Morgan fingerprint density at radius 1 is 1.32 bits per heavy atom. The Labute approximate surface area is 168 Å². The molecule has 1 fully saturated rings. The Kier molecular flexibility index (Phi) is 5.71. The first-order valence-corrected chi connectivity index (χ1v) is 10.5. The van der Waals surface area contributed by atoms with E-state index in [0.29, 0.717) is 13.2 Å². The van der Waals surface area contributed by atoms with Gasteiger partial charge in [-0.25, -0.2) is 4.98 Å². The van der Waals surface area contributed by atoms with Crippen LogP contribution in [0.3, 0.4) is 0 Å². The number of nitrogens with one attached hydrogen (secondary N) is 1. The maximum absolute atomic E-state index is 12.5. The fourth-order valence-corrected chi connectivity index (χ4v) is 4.50. The molecule has 7 heteroatoms. The fraction of sp³-hybridized carbons (Fsp3) is 0.381. The molecule has 3 heterocycles. The van der Waals surface area contributed by atoms with Crippen molar-refractivity contribution in [1.82, 2.24) is 15.3 Å². The maximum atomic E-state index is 12.5. The lowest BCUT2D eigenvalue weighted by Gasteiger charge is -2.31. The van der Waals surface area contributed by atoms with Crippen molar-refractivity contribution >= 4 is 32.6 Å². The van der Waals surface area contributed by atoms with E-state index in [-0.39, 0.29) is 11.8 Å². The van der Waals surface area contributed by atoms with Crippen molar-refractivity contribution in [2.24, 2.45) is 5.92 Å². The predicted octanol–water partition coefficient (Wildman–Crippen LogP) is 3.62. The third-order valence-electron chi connectivity index (χ3n) is 4.99. The first kappa shape index (κ1) is 18.7. The number of amides is 1. The van der Waals surface area contributed by atoms with Crippen molar-refractivity contribution < 1.29 is 9.53 Å². The van der Waals surface area contributed by atoms with Crippen LogP contribution >= 0.6 is 11.3 Å². The standard InChI is InChI=1S/C21H24N4O2S/c1-2-27-17-5-6-18-19(12-17)28-21(24-18)25-10-7-16(8-11-25)20(26)23-14-15-4-3-9-22-13-15/h3-6,9,12-13,16H,2,7-8,10-11,14H2,1H3,(H,23,26). The smallest absolute Gasteiger partial charge is 0.223 e. The molecule has 1 amide bonds. The first-order chi connectivity index (χ1) is 13.7. The number of rotatable bonds is 6. The molecule has 1 aliphatic rings. The topological polar surface area (TPSA) is 67.3 Å². The summed E-state index contributed by atoms with van der Waals surface area (Å²) in [5, 5.41) is 4.06. The summed E-state index contributed by atoms with van der Waals surface area (Å²) >= 11 is 1.69. The second-order valence-electron chi connectivity index (χ2n) is 6.90. The fourth-order valence-electron chi connectivity index (χ4n) is 3.45. The number of ether oxygens (including phenoxy) is 1. The monoisotopic (exact) mass is 396 g/mol. The van der Waals surface area contributed by atoms with E-state index in [4.69, 9.17) is 9.72 Å². The zero-order chi connectivity index (χ0) is 19.3. The van der Waals surface area contributed by atoms with E-state index >= 15 is 0 Å². The third kappa shape index (κ3) is 4.25. The lowest BCUT2D eigenvalue weighted by atomic mass is 9.96. The molecule has 6 nitrogen and oxygen atoms in total. The molecule has 1 aliphatic heterocycles. The normalized spacial score (nSPS) is 15.0. The SMILES string of the molecule is CCOc1ccc2nc(N3CCC(C(=O)NCc4cccnc4)CC3)sc2c1. The zero-order valence-corrected chi connectivity index (χ0v) is 16.7. The number of carbonyl (C=O) groups excluding carboxylic acids is 1. The van der Waals surface area contributed by atoms with E-state index in [1.54, 1.807) is 23.7 Å². The Bertz CT molecular complexity index is 936. The van der Waals surface area contributed by atoms with Gasteiger partial charge < -0.3 is 15.0 Å². The molecule has 28 heavy (non-hydrogen) atoms. The molecule has 0 radical (unpaired) electrons. The van der Waals surface area contributed by atoms with Gasteiger partial charge in [-0.05, 0) is 49.6 Å². The van der Waals surface area contributed by atoms with Gasteiger partial charge in [-0.2, -0.15) is 0 Å². The van der Waals surface area contributed by atoms with Gasteiger partial charge >= 0.3 is 0 Å². The number of thiazole rings is 1. The number of aromatic nitrogens is 2. The van der Waals surface area contributed by atoms with Crippen LogP contribution in [-0.2, 0) is 11.3 Å². The lowest BCUT2D eigenvalue weighted by Crippen LogP contribution is -2.40. The number of carbonyl (C=O) groups is 1. The van der Waals surface area contributed by atoms with Crippen molar-refractivity contribution in [3.05, 3.63) is 48.3 Å². The van der Waals surface area contributed by atoms with Gasteiger partial charge in [0.2, 0.25) is 5.91 Å². The van der Waals surface area contributed by atoms with Crippen LogP contribution in [0.1, 0.15) is 25.3 Å². The largest absolute Gasteiger partial charge is 0.494 e. The second-order valence-corrected chi connectivity index (χ2v) is 7.91. The number of hydrogen-bond acceptors (Lipinski definition) is 6. The summed E-state index contributed by atoms with van der Waals surface area (Å²) in [5.41, 5.74) is 2.02. The van der Waals surface area contributed by atoms with E-state index in [9.17, 15) is 4.79 Å². The molecule has 0 bridgehead atoms. The van der Waals surface area contributed by atoms with Gasteiger partial charge in [-0.15, -0.1) is 0 Å². The highest BCUT2D eigenvalue weighted by Crippen LogP contribution is 2.33. The minimum Gasteiger partial charge on any atom is -0.494 e. The molecule has 0 saturated carbocycles. The van der Waals surface area contributed by atoms with Gasteiger partial charge in [0.1, 0.15) is 5.75 Å². The molecule has 0 atom stereocenters. The summed E-state index contributed by atoms with van der Waals surface area (Å²) in [7, 11) is 0. The van der Waals surface area contributed by atoms with Gasteiger partial charge in [0.25, 0.3) is 0 Å². The van der Waals surface area contributed by atoms with Crippen LogP contribution in [0.2, 0.25) is 0 Å². The maximum Gasteiger partial charge on any atom is 0.223 e. The average molecular weight is 397 g/mol. The number of piperidine rings is 1. The molecule has 2 aromatic heterocycles. The Hall–Kier alpha value is -2.67. The van der Waals surface area contributed by atoms with Crippen LogP contribution < -0.4 is 15.0 Å². The van der Waals surface area contributed by atoms with E-state index in [1.807, 2.05) is 31.2 Å². The Balaban J connectivity index is 1.33. The lowest BCUT2D eigenvalue weighted by molar-refractivity contribution is -0.125. The molecule has 0 spiro atoms. The third-order valence-corrected chi connectivity index (χ3v) is 6.06. The summed E-state index contributed by atoms with van der Waals surface area (Å²) in [6.07, 6.45) is 5.21. The summed E-state index contributed by atoms with van der Waals surface area (Å²) in [6, 6.07) is 9.89. The summed E-state index contributed by atoms with van der Waals surface area (Å²) < 4.78 is 6.72. The van der Waals surface area contributed by atoms with Crippen molar-refractivity contribution in [2.75, 3.05) is 24.6 Å². The van der Waals surface area contributed by atoms with Crippen LogP contribution in [0.15, 0.2) is 42.7 Å². The molecule has 1 saturated heterocycles. The highest BCUT2D eigenvalue weighted by atomic mass is 32.1. The van der Waals surface area contributed by atoms with Crippen LogP contribution in [-0.4, -0.2) is 35.6 Å². The van der Waals surface area contributed by atoms with Crippen molar-refractivity contribution in [3.8, 4) is 5.75 Å². The van der Waals surface area contributed by atoms with E-state index in [2.05, 4.69) is 21.3 Å². The van der Waals surface area contributed by atoms with Crippen molar-refractivity contribution in [2.45, 2.75) is 26.3 Å². The molecule has 3 aromatic rings. The summed E-state index contributed by atoms with van der Waals surface area (Å²) in [5.74, 6) is 1.08. The van der Waals surface area contributed by atoms with Gasteiger partial charge in [-0.3, -0.25) is 9.78 Å². The van der Waals surface area contributed by atoms with Crippen LogP contribution in [0.25, 0.3) is 10.2 Å². The molecule has 1 N–H and O–H groups in total. The summed E-state index contributed by atoms with van der Waals surface area (Å²) in [6.45, 7) is 4.88. The number of fused-ring (bicyclic) bond motifs is 1. The van der Waals surface area contributed by atoms with Gasteiger partial charge in [-0.1, -0.05) is 17.4 Å². The van der Waals surface area contributed by atoms with Gasteiger partial charge in [0.05, 0.1) is 16.8 Å². The number of anilines is 1. The quantitative estimate of drug-likeness (QED) is 0.689. The predicted molar refractivity (Wildman–Crippen MR) is 112 cm³/mol. The number of benzene rings is 1. The van der Waals surface area contributed by atoms with Crippen LogP contribution in [0.5, 0.6) is 5.75 Å². The van der Waals surface area contributed by atoms with Gasteiger partial charge in [0, 0.05) is 37.9 Å². The zero-order valence-electron chi connectivity index (χ0n) is 15.9. The minimum absolute atomic E-state index is 0.0619. The molecule has 0 unspecified atom stereocenters. The van der Waals surface area contributed by atoms with Crippen molar-refractivity contribution in [1.29, 1.82) is 0 Å². The molecular formula is C21H24N4O2S. The number of hydrogen-bond donors (Lipinski definition) is 1. The van der Waals surface area contributed by atoms with Crippen LogP contribution in [0.4, 0.5) is 5.13 Å². The second kappa shape index (κ2) is 8.56. The number of pyridine rings is 1. The molecule has 0 aliphatic carbocycles. The first-order valence-electron chi connectivity index (χ1n) is 9.68. The molecular weight excluding hydrogens is 372 g/mol. The number of nitrogens with zero attached hydrogens (tertiary/aromatic N) is 3. The Morgan fingerprint density at radius 3 is 2.93 bits per heavy atom.